The lowest BCUT2D eigenvalue weighted by Crippen LogP contribution is -2.28. The maximum absolute atomic E-state index is 9.27. The molecule has 1 heterocycles. The molecule has 0 radical (unpaired) electrons. The predicted octanol–water partition coefficient (Wildman–Crippen LogP) is 2.65. The molecule has 1 saturated carbocycles. The van der Waals surface area contributed by atoms with Crippen LogP contribution >= 0.6 is 0 Å². The molecule has 0 saturated heterocycles. The van der Waals surface area contributed by atoms with Crippen LogP contribution in [0.2, 0.25) is 0 Å². The van der Waals surface area contributed by atoms with Crippen LogP contribution in [-0.2, 0) is 6.54 Å². The first-order chi connectivity index (χ1) is 8.06. The topological polar surface area (TPSA) is 45.4 Å². The smallest absolute Gasteiger partial charge is 0.117 e. The normalized spacial score (nSPS) is 26.8. The lowest BCUT2D eigenvalue weighted by atomic mass is 10.1. The highest BCUT2D eigenvalue weighted by Gasteiger charge is 2.36. The summed E-state index contributed by atoms with van der Waals surface area (Å²) in [5.41, 5.74) is 0. The van der Waals surface area contributed by atoms with Gasteiger partial charge in [-0.05, 0) is 44.7 Å². The van der Waals surface area contributed by atoms with Crippen LogP contribution in [0.4, 0.5) is 0 Å². The van der Waals surface area contributed by atoms with E-state index in [-0.39, 0.29) is 6.10 Å². The number of nitrogens with one attached hydrogen (secondary N) is 1. The molecule has 0 spiro atoms. The van der Waals surface area contributed by atoms with E-state index in [9.17, 15) is 5.11 Å². The molecular formula is C14H23NO2. The van der Waals surface area contributed by atoms with Crippen molar-refractivity contribution in [1.29, 1.82) is 0 Å². The number of furan rings is 1. The first-order valence-electron chi connectivity index (χ1n) is 6.56. The second kappa shape index (κ2) is 5.23. The Morgan fingerprint density at radius 3 is 2.76 bits per heavy atom. The lowest BCUT2D eigenvalue weighted by Gasteiger charge is -2.14. The summed E-state index contributed by atoms with van der Waals surface area (Å²) in [4.78, 5) is 0. The molecule has 2 N–H and O–H groups in total. The molecule has 0 aliphatic heterocycles. The average molecular weight is 237 g/mol. The Morgan fingerprint density at radius 2 is 2.18 bits per heavy atom. The third-order valence-corrected chi connectivity index (χ3v) is 3.48. The standard InChI is InChI=1S/C14H23NO2/c1-9-6-13(9)14-5-4-12(17-14)8-15-10(2)7-11(3)16/h4-5,9-11,13,15-16H,6-8H2,1-3H3. The first kappa shape index (κ1) is 12.7. The van der Waals surface area contributed by atoms with E-state index in [1.54, 1.807) is 0 Å². The van der Waals surface area contributed by atoms with Crippen LogP contribution in [0.3, 0.4) is 0 Å². The zero-order valence-electron chi connectivity index (χ0n) is 10.9. The van der Waals surface area contributed by atoms with Gasteiger partial charge in [0.2, 0.25) is 0 Å². The van der Waals surface area contributed by atoms with Crippen molar-refractivity contribution in [2.75, 3.05) is 0 Å². The molecule has 17 heavy (non-hydrogen) atoms. The van der Waals surface area contributed by atoms with Crippen LogP contribution in [0, 0.1) is 5.92 Å². The number of hydrogen-bond donors (Lipinski definition) is 2. The molecule has 3 nitrogen and oxygen atoms in total. The molecule has 1 aliphatic rings. The maximum Gasteiger partial charge on any atom is 0.117 e. The van der Waals surface area contributed by atoms with Crippen LogP contribution in [-0.4, -0.2) is 17.3 Å². The molecule has 0 bridgehead atoms. The Morgan fingerprint density at radius 1 is 1.47 bits per heavy atom. The minimum absolute atomic E-state index is 0.253. The van der Waals surface area contributed by atoms with Gasteiger partial charge in [-0.15, -0.1) is 0 Å². The first-order valence-corrected chi connectivity index (χ1v) is 6.56. The van der Waals surface area contributed by atoms with Crippen molar-refractivity contribution in [3.63, 3.8) is 0 Å². The van der Waals surface area contributed by atoms with Gasteiger partial charge in [0.1, 0.15) is 11.5 Å². The number of aliphatic hydroxyl groups excluding tert-OH is 1. The van der Waals surface area contributed by atoms with E-state index in [0.29, 0.717) is 12.0 Å². The molecule has 1 aromatic rings. The highest BCUT2D eigenvalue weighted by molar-refractivity contribution is 5.17. The second-order valence-electron chi connectivity index (χ2n) is 5.49. The van der Waals surface area contributed by atoms with Gasteiger partial charge in [0.15, 0.2) is 0 Å². The van der Waals surface area contributed by atoms with E-state index in [4.69, 9.17) is 4.42 Å². The predicted molar refractivity (Wildman–Crippen MR) is 67.8 cm³/mol. The average Bonchev–Trinajstić information content (AvgIpc) is 2.78. The van der Waals surface area contributed by atoms with Gasteiger partial charge in [0.25, 0.3) is 0 Å². The molecule has 0 aromatic carbocycles. The van der Waals surface area contributed by atoms with Gasteiger partial charge < -0.3 is 14.8 Å². The zero-order chi connectivity index (χ0) is 12.4. The van der Waals surface area contributed by atoms with Gasteiger partial charge in [-0.3, -0.25) is 0 Å². The van der Waals surface area contributed by atoms with Crippen LogP contribution in [0.5, 0.6) is 0 Å². The van der Waals surface area contributed by atoms with E-state index in [0.717, 1.165) is 30.4 Å². The fraction of sp³-hybridized carbons (Fsp3) is 0.714. The Kier molecular flexibility index (Phi) is 3.89. The molecule has 4 atom stereocenters. The highest BCUT2D eigenvalue weighted by Crippen LogP contribution is 2.47. The van der Waals surface area contributed by atoms with Crippen molar-refractivity contribution in [3.05, 3.63) is 23.7 Å². The fourth-order valence-corrected chi connectivity index (χ4v) is 2.28. The molecule has 1 fully saturated rings. The molecule has 2 rings (SSSR count). The summed E-state index contributed by atoms with van der Waals surface area (Å²) in [6.45, 7) is 6.90. The Balaban J connectivity index is 1.77. The summed E-state index contributed by atoms with van der Waals surface area (Å²) in [7, 11) is 0. The Labute approximate surface area is 103 Å². The monoisotopic (exact) mass is 237 g/mol. The maximum atomic E-state index is 9.27. The molecule has 4 unspecified atom stereocenters. The SMILES string of the molecule is CC(O)CC(C)NCc1ccc(C2CC2C)o1. The lowest BCUT2D eigenvalue weighted by molar-refractivity contribution is 0.170. The van der Waals surface area contributed by atoms with Crippen molar-refractivity contribution in [2.24, 2.45) is 5.92 Å². The van der Waals surface area contributed by atoms with Gasteiger partial charge in [0.05, 0.1) is 12.6 Å². The number of aliphatic hydroxyl groups is 1. The molecule has 0 amide bonds. The zero-order valence-corrected chi connectivity index (χ0v) is 10.9. The highest BCUT2D eigenvalue weighted by atomic mass is 16.3. The van der Waals surface area contributed by atoms with Gasteiger partial charge in [0, 0.05) is 12.0 Å². The van der Waals surface area contributed by atoms with Crippen LogP contribution in [0.15, 0.2) is 16.5 Å². The summed E-state index contributed by atoms with van der Waals surface area (Å²) in [6, 6.07) is 4.47. The summed E-state index contributed by atoms with van der Waals surface area (Å²) in [5, 5.41) is 12.6. The van der Waals surface area contributed by atoms with E-state index in [2.05, 4.69) is 31.3 Å². The summed E-state index contributed by atoms with van der Waals surface area (Å²) >= 11 is 0. The van der Waals surface area contributed by atoms with Crippen LogP contribution < -0.4 is 5.32 Å². The molecule has 1 aliphatic carbocycles. The fourth-order valence-electron chi connectivity index (χ4n) is 2.28. The van der Waals surface area contributed by atoms with E-state index < -0.39 is 0 Å². The third kappa shape index (κ3) is 3.58. The van der Waals surface area contributed by atoms with Crippen molar-refractivity contribution < 1.29 is 9.52 Å². The summed E-state index contributed by atoms with van der Waals surface area (Å²) < 4.78 is 5.81. The minimum Gasteiger partial charge on any atom is -0.464 e. The summed E-state index contributed by atoms with van der Waals surface area (Å²) in [6.07, 6.45) is 1.78. The van der Waals surface area contributed by atoms with Gasteiger partial charge >= 0.3 is 0 Å². The van der Waals surface area contributed by atoms with Crippen LogP contribution in [0.25, 0.3) is 0 Å². The van der Waals surface area contributed by atoms with Crippen molar-refractivity contribution >= 4 is 0 Å². The number of rotatable bonds is 6. The van der Waals surface area contributed by atoms with E-state index in [1.807, 2.05) is 6.92 Å². The molecule has 1 aromatic heterocycles. The quantitative estimate of drug-likeness (QED) is 0.799. The van der Waals surface area contributed by atoms with Crippen molar-refractivity contribution in [3.8, 4) is 0 Å². The molecular weight excluding hydrogens is 214 g/mol. The third-order valence-electron chi connectivity index (χ3n) is 3.48. The second-order valence-corrected chi connectivity index (χ2v) is 5.49. The Hall–Kier alpha value is -0.800. The van der Waals surface area contributed by atoms with Gasteiger partial charge in [-0.1, -0.05) is 6.92 Å². The van der Waals surface area contributed by atoms with Crippen molar-refractivity contribution in [1.82, 2.24) is 5.32 Å². The van der Waals surface area contributed by atoms with Gasteiger partial charge in [-0.25, -0.2) is 0 Å². The summed E-state index contributed by atoms with van der Waals surface area (Å²) in [5.74, 6) is 3.57. The van der Waals surface area contributed by atoms with Gasteiger partial charge in [-0.2, -0.15) is 0 Å². The molecule has 96 valence electrons. The Bertz CT molecular complexity index is 359. The van der Waals surface area contributed by atoms with Crippen molar-refractivity contribution in [2.45, 2.75) is 58.2 Å². The van der Waals surface area contributed by atoms with E-state index in [1.165, 1.54) is 6.42 Å². The van der Waals surface area contributed by atoms with Crippen LogP contribution in [0.1, 0.15) is 51.1 Å². The molecule has 3 heteroatoms. The van der Waals surface area contributed by atoms with E-state index >= 15 is 0 Å². The largest absolute Gasteiger partial charge is 0.464 e. The number of hydrogen-bond acceptors (Lipinski definition) is 3. The minimum atomic E-state index is -0.253.